The molecule has 1 aromatic rings. The molecule has 24 heavy (non-hydrogen) atoms. The second-order valence-electron chi connectivity index (χ2n) is 6.44. The Kier molecular flexibility index (Phi) is 5.56. The molecule has 0 aromatic heterocycles. The zero-order valence-electron chi connectivity index (χ0n) is 13.8. The molecule has 1 heterocycles. The van der Waals surface area contributed by atoms with Crippen LogP contribution in [-0.4, -0.2) is 24.5 Å². The second kappa shape index (κ2) is 8.04. The van der Waals surface area contributed by atoms with E-state index in [1.165, 1.54) is 32.1 Å². The first-order chi connectivity index (χ1) is 11.7. The molecule has 0 bridgehead atoms. The van der Waals surface area contributed by atoms with E-state index in [1.54, 1.807) is 12.1 Å². The summed E-state index contributed by atoms with van der Waals surface area (Å²) < 4.78 is 11.1. The number of carbonyl (C=O) groups excluding carboxylic acids is 2. The van der Waals surface area contributed by atoms with Gasteiger partial charge in [-0.1, -0.05) is 44.2 Å². The highest BCUT2D eigenvalue weighted by Crippen LogP contribution is 2.30. The van der Waals surface area contributed by atoms with Gasteiger partial charge in [0.25, 0.3) is 5.91 Å². The van der Waals surface area contributed by atoms with E-state index < -0.39 is 12.0 Å². The van der Waals surface area contributed by atoms with Gasteiger partial charge < -0.3 is 9.47 Å². The minimum absolute atomic E-state index is 0.126. The largest absolute Gasteiger partial charge is 0.485 e. The van der Waals surface area contributed by atoms with Crippen molar-refractivity contribution in [1.29, 1.82) is 0 Å². The summed E-state index contributed by atoms with van der Waals surface area (Å²) in [6.07, 6.45) is 6.84. The molecule has 0 unspecified atom stereocenters. The van der Waals surface area contributed by atoms with Gasteiger partial charge in [-0.05, 0) is 24.5 Å². The lowest BCUT2D eigenvalue weighted by Gasteiger charge is -2.25. The van der Waals surface area contributed by atoms with Crippen molar-refractivity contribution in [3.05, 3.63) is 24.3 Å². The second-order valence-corrected chi connectivity index (χ2v) is 6.44. The van der Waals surface area contributed by atoms with E-state index >= 15 is 0 Å². The van der Waals surface area contributed by atoms with Crippen LogP contribution in [0.3, 0.4) is 0 Å². The molecule has 6 nitrogen and oxygen atoms in total. The summed E-state index contributed by atoms with van der Waals surface area (Å²) in [6, 6.07) is 7.19. The van der Waals surface area contributed by atoms with Crippen LogP contribution in [-0.2, 0) is 9.59 Å². The van der Waals surface area contributed by atoms with E-state index in [4.69, 9.17) is 9.47 Å². The van der Waals surface area contributed by atoms with Crippen molar-refractivity contribution in [2.24, 2.45) is 5.92 Å². The van der Waals surface area contributed by atoms with Gasteiger partial charge in [-0.2, -0.15) is 0 Å². The number of benzene rings is 1. The first-order valence-corrected chi connectivity index (χ1v) is 8.69. The van der Waals surface area contributed by atoms with Crippen molar-refractivity contribution >= 4 is 11.8 Å². The van der Waals surface area contributed by atoms with Crippen molar-refractivity contribution in [1.82, 2.24) is 10.9 Å². The molecule has 1 aliphatic carbocycles. The molecule has 1 saturated carbocycles. The summed E-state index contributed by atoms with van der Waals surface area (Å²) >= 11 is 0. The van der Waals surface area contributed by atoms with Crippen LogP contribution in [0.1, 0.15) is 44.9 Å². The summed E-state index contributed by atoms with van der Waals surface area (Å²) in [7, 11) is 0. The van der Waals surface area contributed by atoms with E-state index in [-0.39, 0.29) is 12.5 Å². The molecule has 2 N–H and O–H groups in total. The molecule has 2 amide bonds. The van der Waals surface area contributed by atoms with Crippen LogP contribution in [0.5, 0.6) is 11.5 Å². The zero-order valence-corrected chi connectivity index (χ0v) is 13.8. The number of ether oxygens (including phenoxy) is 2. The fraction of sp³-hybridized carbons (Fsp3) is 0.556. The van der Waals surface area contributed by atoms with E-state index in [0.29, 0.717) is 23.8 Å². The van der Waals surface area contributed by atoms with Gasteiger partial charge in [0.1, 0.15) is 6.61 Å². The van der Waals surface area contributed by atoms with Crippen molar-refractivity contribution < 1.29 is 19.1 Å². The number of carbonyl (C=O) groups is 2. The Morgan fingerprint density at radius 3 is 2.58 bits per heavy atom. The first kappa shape index (κ1) is 16.6. The van der Waals surface area contributed by atoms with Gasteiger partial charge in [-0.3, -0.25) is 20.4 Å². The highest BCUT2D eigenvalue weighted by Gasteiger charge is 2.27. The lowest BCUT2D eigenvalue weighted by Crippen LogP contribution is -2.50. The summed E-state index contributed by atoms with van der Waals surface area (Å²) in [4.78, 5) is 24.0. The number of rotatable bonds is 4. The molecule has 2 aliphatic rings. The zero-order chi connectivity index (χ0) is 16.8. The minimum atomic E-state index is -0.765. The predicted molar refractivity (Wildman–Crippen MR) is 88.4 cm³/mol. The normalized spacial score (nSPS) is 20.2. The average Bonchev–Trinajstić information content (AvgIpc) is 2.65. The van der Waals surface area contributed by atoms with E-state index in [1.807, 2.05) is 12.1 Å². The maximum atomic E-state index is 12.1. The van der Waals surface area contributed by atoms with Crippen LogP contribution in [0.25, 0.3) is 0 Å². The molecular weight excluding hydrogens is 308 g/mol. The van der Waals surface area contributed by atoms with Gasteiger partial charge >= 0.3 is 0 Å². The quantitative estimate of drug-likeness (QED) is 0.830. The van der Waals surface area contributed by atoms with Crippen LogP contribution >= 0.6 is 0 Å². The summed E-state index contributed by atoms with van der Waals surface area (Å²) in [5.41, 5.74) is 4.90. The first-order valence-electron chi connectivity index (χ1n) is 8.69. The molecule has 1 aromatic carbocycles. The van der Waals surface area contributed by atoms with E-state index in [2.05, 4.69) is 10.9 Å². The Bertz CT molecular complexity index is 584. The lowest BCUT2D eigenvalue weighted by molar-refractivity contribution is -0.135. The van der Waals surface area contributed by atoms with Gasteiger partial charge in [0.05, 0.1) is 0 Å². The maximum Gasteiger partial charge on any atom is 0.283 e. The highest BCUT2D eigenvalue weighted by atomic mass is 16.6. The summed E-state index contributed by atoms with van der Waals surface area (Å²) in [5.74, 6) is 1.24. The Morgan fingerprint density at radius 1 is 1.04 bits per heavy atom. The Balaban J connectivity index is 1.38. The Morgan fingerprint density at radius 2 is 1.79 bits per heavy atom. The topological polar surface area (TPSA) is 76.7 Å². The van der Waals surface area contributed by atoms with E-state index in [0.717, 1.165) is 6.42 Å². The average molecular weight is 332 g/mol. The fourth-order valence-corrected chi connectivity index (χ4v) is 3.23. The Labute approximate surface area is 141 Å². The molecule has 3 rings (SSSR count). The van der Waals surface area contributed by atoms with Gasteiger partial charge in [0, 0.05) is 6.42 Å². The molecule has 0 radical (unpaired) electrons. The number of fused-ring (bicyclic) bond motifs is 1. The van der Waals surface area contributed by atoms with Crippen molar-refractivity contribution in [2.45, 2.75) is 51.0 Å². The maximum absolute atomic E-state index is 12.1. The molecule has 6 heteroatoms. The smallest absolute Gasteiger partial charge is 0.283 e. The number of nitrogens with one attached hydrogen (secondary N) is 2. The van der Waals surface area contributed by atoms with Crippen LogP contribution < -0.4 is 20.3 Å². The standard InChI is InChI=1S/C18H24N2O4/c21-17(11-10-13-6-2-1-3-7-13)19-20-18(22)16-12-23-14-8-4-5-9-15(14)24-16/h4-5,8-9,13,16H,1-3,6-7,10-12H2,(H,19,21)(H,20,22)/t16-/m0/s1. The fourth-order valence-electron chi connectivity index (χ4n) is 3.23. The minimum Gasteiger partial charge on any atom is -0.485 e. The van der Waals surface area contributed by atoms with Crippen LogP contribution in [0.4, 0.5) is 0 Å². The molecule has 1 atom stereocenters. The third-order valence-corrected chi connectivity index (χ3v) is 4.63. The molecule has 130 valence electrons. The van der Waals surface area contributed by atoms with Crippen LogP contribution in [0.15, 0.2) is 24.3 Å². The van der Waals surface area contributed by atoms with Crippen LogP contribution in [0, 0.1) is 5.92 Å². The van der Waals surface area contributed by atoms with E-state index in [9.17, 15) is 9.59 Å². The number of hydrazine groups is 1. The highest BCUT2D eigenvalue weighted by molar-refractivity contribution is 5.85. The molecule has 1 aliphatic heterocycles. The molecule has 1 fully saturated rings. The third kappa shape index (κ3) is 4.40. The SMILES string of the molecule is O=C(CCC1CCCCC1)NNC(=O)[C@@H]1COc2ccccc2O1. The summed E-state index contributed by atoms with van der Waals surface area (Å²) in [5, 5.41) is 0. The van der Waals surface area contributed by atoms with Crippen molar-refractivity contribution in [3.63, 3.8) is 0 Å². The molecular formula is C18H24N2O4. The number of amides is 2. The van der Waals surface area contributed by atoms with Gasteiger partial charge in [-0.15, -0.1) is 0 Å². The molecule has 0 spiro atoms. The number of para-hydroxylation sites is 2. The number of hydrogen-bond acceptors (Lipinski definition) is 4. The van der Waals surface area contributed by atoms with Crippen LogP contribution in [0.2, 0.25) is 0 Å². The van der Waals surface area contributed by atoms with Gasteiger partial charge in [0.15, 0.2) is 11.5 Å². The third-order valence-electron chi connectivity index (χ3n) is 4.63. The Hall–Kier alpha value is -2.24. The van der Waals surface area contributed by atoms with Crippen molar-refractivity contribution in [2.75, 3.05) is 6.61 Å². The number of hydrogen-bond donors (Lipinski definition) is 2. The van der Waals surface area contributed by atoms with Gasteiger partial charge in [0.2, 0.25) is 12.0 Å². The predicted octanol–water partition coefficient (Wildman–Crippen LogP) is 2.33. The lowest BCUT2D eigenvalue weighted by atomic mass is 9.86. The molecule has 0 saturated heterocycles. The van der Waals surface area contributed by atoms with Crippen molar-refractivity contribution in [3.8, 4) is 11.5 Å². The monoisotopic (exact) mass is 332 g/mol. The summed E-state index contributed by atoms with van der Waals surface area (Å²) in [6.45, 7) is 0.126. The van der Waals surface area contributed by atoms with Gasteiger partial charge in [-0.25, -0.2) is 0 Å².